The van der Waals surface area contributed by atoms with Crippen molar-refractivity contribution >= 4 is 11.8 Å². The lowest BCUT2D eigenvalue weighted by Crippen LogP contribution is -2.33. The lowest BCUT2D eigenvalue weighted by atomic mass is 9.98. The fraction of sp³-hybridized carbons (Fsp3) is 0.455. The quantitative estimate of drug-likeness (QED) is 0.771. The van der Waals surface area contributed by atoms with Gasteiger partial charge in [0.05, 0.1) is 12.2 Å². The van der Waals surface area contributed by atoms with Crippen LogP contribution in [0.15, 0.2) is 29.2 Å². The fourth-order valence-electron chi connectivity index (χ4n) is 1.70. The Labute approximate surface area is 88.3 Å². The van der Waals surface area contributed by atoms with E-state index < -0.39 is 0 Å². The fourth-order valence-corrected chi connectivity index (χ4v) is 2.94. The molecule has 3 heteroatoms. The monoisotopic (exact) mass is 210 g/mol. The highest BCUT2D eigenvalue weighted by atomic mass is 32.2. The van der Waals surface area contributed by atoms with Gasteiger partial charge >= 0.3 is 0 Å². The first-order valence-corrected chi connectivity index (χ1v) is 5.56. The van der Waals surface area contributed by atoms with Crippen LogP contribution < -0.4 is 0 Å². The second kappa shape index (κ2) is 3.57. The zero-order valence-electron chi connectivity index (χ0n) is 8.36. The molecular weight excluding hydrogens is 196 g/mol. The molecular formula is C11H14O2S. The van der Waals surface area contributed by atoms with Crippen molar-refractivity contribution in [2.75, 3.05) is 6.61 Å². The molecule has 0 saturated carbocycles. The van der Waals surface area contributed by atoms with Gasteiger partial charge in [-0.15, -0.1) is 0 Å². The first kappa shape index (κ1) is 10.0. The summed E-state index contributed by atoms with van der Waals surface area (Å²) in [6, 6.07) is 8.19. The summed E-state index contributed by atoms with van der Waals surface area (Å²) >= 11 is 1.59. The molecule has 1 atom stereocenters. The van der Waals surface area contributed by atoms with Crippen LogP contribution in [0.1, 0.15) is 19.4 Å². The summed E-state index contributed by atoms with van der Waals surface area (Å²) in [5.41, 5.74) is 0.768. The Kier molecular flexibility index (Phi) is 2.56. The highest BCUT2D eigenvalue weighted by molar-refractivity contribution is 7.99. The number of hydrogen-bond donors (Lipinski definition) is 1. The number of thioether (sulfide) groups is 1. The third-order valence-corrected chi connectivity index (χ3v) is 3.49. The molecule has 0 radical (unpaired) electrons. The molecule has 0 fully saturated rings. The molecule has 1 unspecified atom stereocenters. The maximum Gasteiger partial charge on any atom is 0.131 e. The van der Waals surface area contributed by atoms with E-state index in [1.54, 1.807) is 11.8 Å². The van der Waals surface area contributed by atoms with Crippen molar-refractivity contribution < 1.29 is 9.84 Å². The molecule has 1 aliphatic heterocycles. The van der Waals surface area contributed by atoms with Gasteiger partial charge in [-0.3, -0.25) is 0 Å². The Morgan fingerprint density at radius 2 is 2.14 bits per heavy atom. The average Bonchev–Trinajstić information content (AvgIpc) is 2.17. The molecule has 1 aromatic carbocycles. The van der Waals surface area contributed by atoms with Crippen molar-refractivity contribution in [2.45, 2.75) is 29.8 Å². The van der Waals surface area contributed by atoms with E-state index in [0.717, 1.165) is 0 Å². The highest BCUT2D eigenvalue weighted by Crippen LogP contribution is 2.42. The van der Waals surface area contributed by atoms with Crippen LogP contribution in [0.3, 0.4) is 0 Å². The standard InChI is InChI=1S/C11H14O2S/c1-11(2)8-5-3-4-6-9(8)14-10(7-12)13-11/h3-6,10,12H,7H2,1-2H3. The Morgan fingerprint density at radius 1 is 1.43 bits per heavy atom. The van der Waals surface area contributed by atoms with Crippen molar-refractivity contribution in [2.24, 2.45) is 0 Å². The predicted octanol–water partition coefficient (Wildman–Crippen LogP) is 2.36. The molecule has 1 N–H and O–H groups in total. The van der Waals surface area contributed by atoms with Gasteiger partial charge in [0.25, 0.3) is 0 Å². The van der Waals surface area contributed by atoms with Gasteiger partial charge in [0, 0.05) is 4.90 Å². The molecule has 1 aliphatic rings. The number of ether oxygens (including phenoxy) is 1. The van der Waals surface area contributed by atoms with E-state index in [0.29, 0.717) is 0 Å². The van der Waals surface area contributed by atoms with Gasteiger partial charge in [-0.1, -0.05) is 30.0 Å². The summed E-state index contributed by atoms with van der Waals surface area (Å²) in [5, 5.41) is 9.10. The molecule has 0 saturated heterocycles. The number of aliphatic hydroxyl groups is 1. The lowest BCUT2D eigenvalue weighted by molar-refractivity contribution is -0.0606. The van der Waals surface area contributed by atoms with Crippen LogP contribution in [-0.2, 0) is 10.3 Å². The van der Waals surface area contributed by atoms with Crippen LogP contribution in [0.2, 0.25) is 0 Å². The number of rotatable bonds is 1. The zero-order chi connectivity index (χ0) is 10.2. The minimum atomic E-state index is -0.296. The molecule has 0 aliphatic carbocycles. The molecule has 14 heavy (non-hydrogen) atoms. The van der Waals surface area contributed by atoms with Crippen LogP contribution in [-0.4, -0.2) is 17.1 Å². The minimum absolute atomic E-state index is 0.0580. The average molecular weight is 210 g/mol. The Morgan fingerprint density at radius 3 is 2.86 bits per heavy atom. The molecule has 0 amide bonds. The van der Waals surface area contributed by atoms with Crippen LogP contribution in [0.4, 0.5) is 0 Å². The summed E-state index contributed by atoms with van der Waals surface area (Å²) in [4.78, 5) is 1.21. The second-order valence-electron chi connectivity index (χ2n) is 3.85. The van der Waals surface area contributed by atoms with Crippen LogP contribution >= 0.6 is 11.8 Å². The smallest absolute Gasteiger partial charge is 0.131 e. The Bertz CT molecular complexity index is 336. The van der Waals surface area contributed by atoms with Crippen LogP contribution in [0, 0.1) is 0 Å². The number of benzene rings is 1. The van der Waals surface area contributed by atoms with Gasteiger partial charge in [-0.2, -0.15) is 0 Å². The Balaban J connectivity index is 2.41. The summed E-state index contributed by atoms with van der Waals surface area (Å²) in [6.45, 7) is 4.13. The molecule has 76 valence electrons. The normalized spacial score (nSPS) is 24.4. The van der Waals surface area contributed by atoms with Gasteiger partial charge < -0.3 is 9.84 Å². The third kappa shape index (κ3) is 1.67. The summed E-state index contributed by atoms with van der Waals surface area (Å²) in [6.07, 6.45) is 0. The van der Waals surface area contributed by atoms with Crippen molar-refractivity contribution in [3.05, 3.63) is 29.8 Å². The summed E-state index contributed by atoms with van der Waals surface area (Å²) in [7, 11) is 0. The van der Waals surface area contributed by atoms with E-state index in [-0.39, 0.29) is 17.6 Å². The molecule has 0 aromatic heterocycles. The van der Waals surface area contributed by atoms with E-state index in [1.807, 2.05) is 26.0 Å². The van der Waals surface area contributed by atoms with Gasteiger partial charge in [0.15, 0.2) is 0 Å². The van der Waals surface area contributed by atoms with Crippen molar-refractivity contribution in [1.29, 1.82) is 0 Å². The maximum atomic E-state index is 9.10. The third-order valence-electron chi connectivity index (χ3n) is 2.37. The molecule has 2 nitrogen and oxygen atoms in total. The van der Waals surface area contributed by atoms with E-state index >= 15 is 0 Å². The summed E-state index contributed by atoms with van der Waals surface area (Å²) < 4.78 is 5.76. The first-order valence-electron chi connectivity index (χ1n) is 4.68. The van der Waals surface area contributed by atoms with Crippen molar-refractivity contribution in [3.63, 3.8) is 0 Å². The van der Waals surface area contributed by atoms with E-state index in [4.69, 9.17) is 9.84 Å². The van der Waals surface area contributed by atoms with Gasteiger partial charge in [-0.25, -0.2) is 0 Å². The maximum absolute atomic E-state index is 9.10. The SMILES string of the molecule is CC1(C)OC(CO)Sc2ccccc21. The lowest BCUT2D eigenvalue weighted by Gasteiger charge is -2.36. The van der Waals surface area contributed by atoms with Crippen LogP contribution in [0.5, 0.6) is 0 Å². The number of fused-ring (bicyclic) bond motifs is 1. The Hall–Kier alpha value is -0.510. The van der Waals surface area contributed by atoms with E-state index in [9.17, 15) is 0 Å². The molecule has 1 aromatic rings. The first-order chi connectivity index (χ1) is 6.63. The molecule has 1 heterocycles. The molecule has 0 bridgehead atoms. The second-order valence-corrected chi connectivity index (χ2v) is 5.06. The predicted molar refractivity (Wildman–Crippen MR) is 57.3 cm³/mol. The summed E-state index contributed by atoms with van der Waals surface area (Å²) in [5.74, 6) is 0. The van der Waals surface area contributed by atoms with Crippen molar-refractivity contribution in [1.82, 2.24) is 0 Å². The number of hydrogen-bond acceptors (Lipinski definition) is 3. The largest absolute Gasteiger partial charge is 0.393 e. The topological polar surface area (TPSA) is 29.5 Å². The minimum Gasteiger partial charge on any atom is -0.393 e. The molecule has 0 spiro atoms. The highest BCUT2D eigenvalue weighted by Gasteiger charge is 2.33. The van der Waals surface area contributed by atoms with E-state index in [1.165, 1.54) is 10.5 Å². The van der Waals surface area contributed by atoms with Gasteiger partial charge in [0.1, 0.15) is 5.44 Å². The van der Waals surface area contributed by atoms with E-state index in [2.05, 4.69) is 12.1 Å². The molecule has 2 rings (SSSR count). The van der Waals surface area contributed by atoms with Crippen molar-refractivity contribution in [3.8, 4) is 0 Å². The van der Waals surface area contributed by atoms with Crippen LogP contribution in [0.25, 0.3) is 0 Å². The van der Waals surface area contributed by atoms with Gasteiger partial charge in [0.2, 0.25) is 0 Å². The zero-order valence-corrected chi connectivity index (χ0v) is 9.17. The number of aliphatic hydroxyl groups excluding tert-OH is 1. The van der Waals surface area contributed by atoms with Gasteiger partial charge in [-0.05, 0) is 25.5 Å².